The highest BCUT2D eigenvalue weighted by Crippen LogP contribution is 2.16. The second-order valence-electron chi connectivity index (χ2n) is 16.5. The van der Waals surface area contributed by atoms with Gasteiger partial charge in [-0.25, -0.2) is 0 Å². The molecule has 0 fully saturated rings. The number of esters is 2. The lowest BCUT2D eigenvalue weighted by Gasteiger charge is -2.15. The maximum Gasteiger partial charge on any atom is 0.306 e. The fourth-order valence-electron chi connectivity index (χ4n) is 7.38. The molecule has 0 radical (unpaired) electrons. The molecule has 0 spiro atoms. The van der Waals surface area contributed by atoms with E-state index in [9.17, 15) is 14.7 Å². The summed E-state index contributed by atoms with van der Waals surface area (Å²) < 4.78 is 10.7. The summed E-state index contributed by atoms with van der Waals surface area (Å²) in [5.41, 5.74) is 0. The normalized spacial score (nSPS) is 12.1. The standard InChI is InChI=1S/C49H94O5/c1-3-5-7-9-11-13-15-17-18-19-20-21-22-23-24-25-26-27-28-29-30-32-34-36-38-40-42-44-49(52)54-47(45-50)46-53-48(51)43-41-39-37-35-33-31-16-14-12-10-8-6-4-2/h19-20,47,50H,3-18,21-46H2,1-2H3/b20-19-. The number of rotatable bonds is 45. The molecule has 5 heteroatoms. The predicted octanol–water partition coefficient (Wildman–Crippen LogP) is 15.6. The van der Waals surface area contributed by atoms with Crippen LogP contribution in [0.3, 0.4) is 0 Å². The van der Waals surface area contributed by atoms with E-state index in [1.54, 1.807) is 0 Å². The highest BCUT2D eigenvalue weighted by atomic mass is 16.6. The fourth-order valence-corrected chi connectivity index (χ4v) is 7.38. The lowest BCUT2D eigenvalue weighted by Crippen LogP contribution is -2.28. The van der Waals surface area contributed by atoms with E-state index in [0.717, 1.165) is 32.1 Å². The van der Waals surface area contributed by atoms with Gasteiger partial charge in [0.1, 0.15) is 6.61 Å². The molecular weight excluding hydrogens is 669 g/mol. The zero-order valence-corrected chi connectivity index (χ0v) is 36.5. The zero-order chi connectivity index (χ0) is 39.3. The number of carbonyl (C=O) groups is 2. The summed E-state index contributed by atoms with van der Waals surface area (Å²) in [6, 6.07) is 0. The second kappa shape index (κ2) is 46.0. The van der Waals surface area contributed by atoms with Crippen molar-refractivity contribution in [3.05, 3.63) is 12.2 Å². The van der Waals surface area contributed by atoms with Gasteiger partial charge in [0.2, 0.25) is 0 Å². The molecule has 54 heavy (non-hydrogen) atoms. The van der Waals surface area contributed by atoms with Gasteiger partial charge in [0.05, 0.1) is 6.61 Å². The lowest BCUT2D eigenvalue weighted by molar-refractivity contribution is -0.161. The van der Waals surface area contributed by atoms with Gasteiger partial charge in [0.15, 0.2) is 6.10 Å². The van der Waals surface area contributed by atoms with Crippen LogP contribution in [0.2, 0.25) is 0 Å². The third-order valence-corrected chi connectivity index (χ3v) is 11.1. The van der Waals surface area contributed by atoms with Crippen LogP contribution in [0.1, 0.15) is 271 Å². The molecule has 0 saturated heterocycles. The number of aliphatic hydroxyl groups excluding tert-OH is 1. The first kappa shape index (κ1) is 52.6. The van der Waals surface area contributed by atoms with E-state index in [0.29, 0.717) is 12.8 Å². The molecule has 0 aromatic carbocycles. The third-order valence-electron chi connectivity index (χ3n) is 11.1. The number of hydrogen-bond donors (Lipinski definition) is 1. The number of allylic oxidation sites excluding steroid dienone is 2. The quantitative estimate of drug-likeness (QED) is 0.0380. The molecule has 0 aromatic rings. The van der Waals surface area contributed by atoms with Crippen LogP contribution in [-0.4, -0.2) is 36.4 Å². The first-order valence-corrected chi connectivity index (χ1v) is 24.2. The Morgan fingerprint density at radius 1 is 0.407 bits per heavy atom. The van der Waals surface area contributed by atoms with E-state index in [1.165, 1.54) is 212 Å². The van der Waals surface area contributed by atoms with E-state index >= 15 is 0 Å². The summed E-state index contributed by atoms with van der Waals surface area (Å²) in [6.45, 7) is 4.17. The van der Waals surface area contributed by atoms with E-state index in [1.807, 2.05) is 0 Å². The molecule has 0 aromatic heterocycles. The summed E-state index contributed by atoms with van der Waals surface area (Å²) in [5.74, 6) is -0.574. The first-order chi connectivity index (χ1) is 26.6. The van der Waals surface area contributed by atoms with Crippen molar-refractivity contribution in [2.24, 2.45) is 0 Å². The summed E-state index contributed by atoms with van der Waals surface area (Å²) in [4.78, 5) is 24.3. The van der Waals surface area contributed by atoms with Gasteiger partial charge in [-0.2, -0.15) is 0 Å². The molecule has 0 aliphatic carbocycles. The SMILES string of the molecule is CCCCCCCCCC/C=C\CCCCCCCCCCCCCCCCCC(=O)OC(CO)COC(=O)CCCCCCCCCCCCCCC. The van der Waals surface area contributed by atoms with Crippen LogP contribution in [-0.2, 0) is 19.1 Å². The van der Waals surface area contributed by atoms with Crippen LogP contribution in [0.5, 0.6) is 0 Å². The molecule has 0 heterocycles. The smallest absolute Gasteiger partial charge is 0.306 e. The predicted molar refractivity (Wildman–Crippen MR) is 233 cm³/mol. The molecule has 0 saturated carbocycles. The van der Waals surface area contributed by atoms with Crippen LogP contribution < -0.4 is 0 Å². The van der Waals surface area contributed by atoms with Crippen LogP contribution >= 0.6 is 0 Å². The Balaban J connectivity index is 3.42. The third kappa shape index (κ3) is 43.4. The number of carbonyl (C=O) groups excluding carboxylic acids is 2. The van der Waals surface area contributed by atoms with Crippen molar-refractivity contribution in [1.82, 2.24) is 0 Å². The van der Waals surface area contributed by atoms with E-state index in [4.69, 9.17) is 9.47 Å². The molecule has 1 unspecified atom stereocenters. The Morgan fingerprint density at radius 2 is 0.685 bits per heavy atom. The van der Waals surface area contributed by atoms with Gasteiger partial charge in [-0.05, 0) is 38.5 Å². The average Bonchev–Trinajstić information content (AvgIpc) is 3.17. The minimum atomic E-state index is -0.764. The molecule has 0 rings (SSSR count). The number of hydrogen-bond acceptors (Lipinski definition) is 5. The summed E-state index contributed by atoms with van der Waals surface area (Å²) in [6.07, 6.45) is 54.5. The molecule has 1 N–H and O–H groups in total. The molecule has 5 nitrogen and oxygen atoms in total. The number of unbranched alkanes of at least 4 members (excludes halogenated alkanes) is 35. The maximum atomic E-state index is 12.2. The Bertz CT molecular complexity index is 780. The highest BCUT2D eigenvalue weighted by molar-refractivity contribution is 5.70. The molecule has 1 atom stereocenters. The lowest BCUT2D eigenvalue weighted by atomic mass is 10.0. The van der Waals surface area contributed by atoms with Gasteiger partial charge in [0.25, 0.3) is 0 Å². The molecule has 0 aliphatic rings. The van der Waals surface area contributed by atoms with Crippen molar-refractivity contribution in [3.8, 4) is 0 Å². The molecule has 320 valence electrons. The van der Waals surface area contributed by atoms with Gasteiger partial charge >= 0.3 is 11.9 Å². The van der Waals surface area contributed by atoms with Crippen molar-refractivity contribution in [1.29, 1.82) is 0 Å². The monoisotopic (exact) mass is 763 g/mol. The first-order valence-electron chi connectivity index (χ1n) is 24.2. The van der Waals surface area contributed by atoms with Gasteiger partial charge < -0.3 is 14.6 Å². The Labute approximate surface area is 337 Å². The van der Waals surface area contributed by atoms with Crippen molar-refractivity contribution >= 4 is 11.9 Å². The molecular formula is C49H94O5. The largest absolute Gasteiger partial charge is 0.462 e. The maximum absolute atomic E-state index is 12.2. The Hall–Kier alpha value is -1.36. The number of ether oxygens (including phenoxy) is 2. The van der Waals surface area contributed by atoms with Crippen molar-refractivity contribution in [2.45, 2.75) is 277 Å². The number of aliphatic hydroxyl groups is 1. The second-order valence-corrected chi connectivity index (χ2v) is 16.5. The van der Waals surface area contributed by atoms with E-state index in [2.05, 4.69) is 26.0 Å². The van der Waals surface area contributed by atoms with Gasteiger partial charge in [-0.3, -0.25) is 9.59 Å². The van der Waals surface area contributed by atoms with Crippen LogP contribution in [0, 0.1) is 0 Å². The van der Waals surface area contributed by atoms with Crippen LogP contribution in [0.15, 0.2) is 12.2 Å². The van der Waals surface area contributed by atoms with Gasteiger partial charge in [0, 0.05) is 12.8 Å². The highest BCUT2D eigenvalue weighted by Gasteiger charge is 2.16. The Kier molecular flexibility index (Phi) is 44.9. The summed E-state index contributed by atoms with van der Waals surface area (Å²) >= 11 is 0. The average molecular weight is 763 g/mol. The minimum Gasteiger partial charge on any atom is -0.462 e. The van der Waals surface area contributed by atoms with E-state index < -0.39 is 6.10 Å². The Morgan fingerprint density at radius 3 is 1.00 bits per heavy atom. The van der Waals surface area contributed by atoms with Crippen molar-refractivity contribution < 1.29 is 24.2 Å². The summed E-state index contributed by atoms with van der Waals surface area (Å²) in [7, 11) is 0. The van der Waals surface area contributed by atoms with E-state index in [-0.39, 0.29) is 25.2 Å². The van der Waals surface area contributed by atoms with Gasteiger partial charge in [-0.15, -0.1) is 0 Å². The van der Waals surface area contributed by atoms with Crippen LogP contribution in [0.4, 0.5) is 0 Å². The van der Waals surface area contributed by atoms with Crippen LogP contribution in [0.25, 0.3) is 0 Å². The zero-order valence-electron chi connectivity index (χ0n) is 36.5. The van der Waals surface area contributed by atoms with Crippen molar-refractivity contribution in [2.75, 3.05) is 13.2 Å². The van der Waals surface area contributed by atoms with Crippen molar-refractivity contribution in [3.63, 3.8) is 0 Å². The molecule has 0 aliphatic heterocycles. The summed E-state index contributed by atoms with van der Waals surface area (Å²) in [5, 5.41) is 9.59. The fraction of sp³-hybridized carbons (Fsp3) is 0.918. The minimum absolute atomic E-state index is 0.0585. The van der Waals surface area contributed by atoms with Gasteiger partial charge in [-0.1, -0.05) is 231 Å². The molecule has 0 bridgehead atoms. The molecule has 0 amide bonds. The topological polar surface area (TPSA) is 72.8 Å².